The maximum absolute atomic E-state index is 12.7. The highest BCUT2D eigenvalue weighted by atomic mass is 35.5. The van der Waals surface area contributed by atoms with Crippen molar-refractivity contribution < 1.29 is 4.79 Å². The molecule has 2 nitrogen and oxygen atoms in total. The summed E-state index contributed by atoms with van der Waals surface area (Å²) in [6, 6.07) is 5.61. The molecule has 0 N–H and O–H groups in total. The zero-order valence-electron chi connectivity index (χ0n) is 11.7. The topological polar surface area (TPSA) is 20.3 Å². The molecule has 106 valence electrons. The largest absolute Gasteiger partial charge is 0.334 e. The number of nitrogens with zero attached hydrogens (tertiary/aromatic N) is 1. The summed E-state index contributed by atoms with van der Waals surface area (Å²) in [5, 5.41) is 0.653. The maximum Gasteiger partial charge on any atom is 0.254 e. The van der Waals surface area contributed by atoms with Crippen molar-refractivity contribution in [1.82, 2.24) is 4.90 Å². The van der Waals surface area contributed by atoms with Crippen LogP contribution < -0.4 is 0 Å². The molecule has 0 bridgehead atoms. The molecule has 0 aliphatic heterocycles. The van der Waals surface area contributed by atoms with E-state index in [4.69, 9.17) is 23.2 Å². The lowest BCUT2D eigenvalue weighted by Gasteiger charge is -2.30. The number of aryl methyl sites for hydroxylation is 1. The van der Waals surface area contributed by atoms with Crippen molar-refractivity contribution in [3.8, 4) is 0 Å². The quantitative estimate of drug-likeness (QED) is 0.708. The molecule has 0 atom stereocenters. The number of benzene rings is 1. The third-order valence-electron chi connectivity index (χ3n) is 3.39. The van der Waals surface area contributed by atoms with E-state index in [1.54, 1.807) is 12.1 Å². The van der Waals surface area contributed by atoms with Crippen molar-refractivity contribution in [2.45, 2.75) is 39.7 Å². The lowest BCUT2D eigenvalue weighted by Crippen LogP contribution is -2.41. The van der Waals surface area contributed by atoms with Crippen molar-refractivity contribution in [2.75, 3.05) is 12.4 Å². The summed E-state index contributed by atoms with van der Waals surface area (Å²) < 4.78 is 0. The van der Waals surface area contributed by atoms with E-state index >= 15 is 0 Å². The zero-order chi connectivity index (χ0) is 14.4. The van der Waals surface area contributed by atoms with Gasteiger partial charge in [0, 0.05) is 29.1 Å². The molecule has 1 aromatic rings. The summed E-state index contributed by atoms with van der Waals surface area (Å²) in [6.45, 7) is 6.68. The smallest absolute Gasteiger partial charge is 0.254 e. The molecule has 0 aliphatic rings. The number of hydrogen-bond acceptors (Lipinski definition) is 1. The zero-order valence-corrected chi connectivity index (χ0v) is 13.3. The summed E-state index contributed by atoms with van der Waals surface area (Å²) in [5.74, 6) is 0.498. The fourth-order valence-corrected chi connectivity index (χ4v) is 2.70. The molecule has 0 heterocycles. The standard InChI is InChI=1S/C15H21Cl2NO/c1-4-13(5-2)18(9-8-16)15(19)14-7-6-12(17)10-11(14)3/h6-7,10,13H,4-5,8-9H2,1-3H3. The van der Waals surface area contributed by atoms with Crippen LogP contribution in [-0.2, 0) is 0 Å². The predicted octanol–water partition coefficient (Wildman–Crippen LogP) is 4.52. The summed E-state index contributed by atoms with van der Waals surface area (Å²) in [5.41, 5.74) is 1.62. The molecular formula is C15H21Cl2NO. The Hall–Kier alpha value is -0.730. The van der Waals surface area contributed by atoms with E-state index in [-0.39, 0.29) is 11.9 Å². The first-order chi connectivity index (χ1) is 9.04. The van der Waals surface area contributed by atoms with Gasteiger partial charge in [-0.1, -0.05) is 25.4 Å². The summed E-state index contributed by atoms with van der Waals surface area (Å²) >= 11 is 11.8. The van der Waals surface area contributed by atoms with Gasteiger partial charge < -0.3 is 4.90 Å². The molecule has 0 unspecified atom stereocenters. The second kappa shape index (κ2) is 7.76. The van der Waals surface area contributed by atoms with Crippen LogP contribution in [0.5, 0.6) is 0 Å². The fraction of sp³-hybridized carbons (Fsp3) is 0.533. The van der Waals surface area contributed by atoms with Gasteiger partial charge >= 0.3 is 0 Å². The third kappa shape index (κ3) is 4.12. The van der Waals surface area contributed by atoms with Gasteiger partial charge in [-0.25, -0.2) is 0 Å². The molecule has 0 aromatic heterocycles. The van der Waals surface area contributed by atoms with Crippen LogP contribution in [0, 0.1) is 6.92 Å². The van der Waals surface area contributed by atoms with Gasteiger partial charge in [-0.15, -0.1) is 11.6 Å². The monoisotopic (exact) mass is 301 g/mol. The molecule has 0 aliphatic carbocycles. The van der Waals surface area contributed by atoms with Gasteiger partial charge in [-0.3, -0.25) is 4.79 Å². The Labute approximate surface area is 125 Å². The van der Waals surface area contributed by atoms with E-state index in [0.29, 0.717) is 23.0 Å². The van der Waals surface area contributed by atoms with Crippen molar-refractivity contribution >= 4 is 29.1 Å². The Morgan fingerprint density at radius 2 is 1.95 bits per heavy atom. The fourth-order valence-electron chi connectivity index (χ4n) is 2.29. The molecule has 1 aromatic carbocycles. The first-order valence-electron chi connectivity index (χ1n) is 6.68. The van der Waals surface area contributed by atoms with Crippen LogP contribution >= 0.6 is 23.2 Å². The molecule has 19 heavy (non-hydrogen) atoms. The van der Waals surface area contributed by atoms with E-state index in [9.17, 15) is 4.79 Å². The number of halogens is 2. The minimum absolute atomic E-state index is 0.0449. The van der Waals surface area contributed by atoms with E-state index in [1.807, 2.05) is 17.9 Å². The minimum atomic E-state index is 0.0449. The number of amides is 1. The van der Waals surface area contributed by atoms with Crippen molar-refractivity contribution in [1.29, 1.82) is 0 Å². The Bertz CT molecular complexity index is 430. The predicted molar refractivity (Wildman–Crippen MR) is 82.3 cm³/mol. The minimum Gasteiger partial charge on any atom is -0.334 e. The lowest BCUT2D eigenvalue weighted by atomic mass is 10.0. The number of rotatable bonds is 6. The first-order valence-corrected chi connectivity index (χ1v) is 7.59. The summed E-state index contributed by atoms with van der Waals surface area (Å²) in [6.07, 6.45) is 1.87. The van der Waals surface area contributed by atoms with Crippen LogP contribution in [0.25, 0.3) is 0 Å². The van der Waals surface area contributed by atoms with Crippen LogP contribution in [0.15, 0.2) is 18.2 Å². The Morgan fingerprint density at radius 3 is 2.42 bits per heavy atom. The van der Waals surface area contributed by atoms with E-state index in [0.717, 1.165) is 18.4 Å². The third-order valence-corrected chi connectivity index (χ3v) is 3.79. The SMILES string of the molecule is CCC(CC)N(CCCl)C(=O)c1ccc(Cl)cc1C. The molecule has 1 rings (SSSR count). The Morgan fingerprint density at radius 1 is 1.32 bits per heavy atom. The molecule has 0 saturated carbocycles. The van der Waals surface area contributed by atoms with Gasteiger partial charge in [-0.2, -0.15) is 0 Å². The molecular weight excluding hydrogens is 281 g/mol. The Kier molecular flexibility index (Phi) is 6.67. The van der Waals surface area contributed by atoms with Crippen LogP contribution in [0.3, 0.4) is 0 Å². The molecule has 0 spiro atoms. The number of hydrogen-bond donors (Lipinski definition) is 0. The summed E-state index contributed by atoms with van der Waals surface area (Å²) in [7, 11) is 0. The van der Waals surface area contributed by atoms with Gasteiger partial charge in [0.25, 0.3) is 5.91 Å². The van der Waals surface area contributed by atoms with Crippen LogP contribution in [-0.4, -0.2) is 29.3 Å². The van der Waals surface area contributed by atoms with E-state index < -0.39 is 0 Å². The number of carbonyl (C=O) groups excluding carboxylic acids is 1. The molecule has 0 fully saturated rings. The van der Waals surface area contributed by atoms with Gasteiger partial charge in [0.15, 0.2) is 0 Å². The van der Waals surface area contributed by atoms with Gasteiger partial charge in [0.2, 0.25) is 0 Å². The van der Waals surface area contributed by atoms with Crippen LogP contribution in [0.1, 0.15) is 42.6 Å². The van der Waals surface area contributed by atoms with Gasteiger partial charge in [0.1, 0.15) is 0 Å². The average molecular weight is 302 g/mol. The number of alkyl halides is 1. The van der Waals surface area contributed by atoms with Crippen molar-refractivity contribution in [3.05, 3.63) is 34.3 Å². The van der Waals surface area contributed by atoms with E-state index in [2.05, 4.69) is 13.8 Å². The van der Waals surface area contributed by atoms with Crippen molar-refractivity contribution in [2.24, 2.45) is 0 Å². The normalized spacial score (nSPS) is 10.8. The van der Waals surface area contributed by atoms with Crippen LogP contribution in [0.4, 0.5) is 0 Å². The Balaban J connectivity index is 3.04. The lowest BCUT2D eigenvalue weighted by molar-refractivity contribution is 0.0681. The van der Waals surface area contributed by atoms with Crippen molar-refractivity contribution in [3.63, 3.8) is 0 Å². The second-order valence-electron chi connectivity index (χ2n) is 4.62. The number of carbonyl (C=O) groups is 1. The van der Waals surface area contributed by atoms with Gasteiger partial charge in [-0.05, 0) is 43.5 Å². The van der Waals surface area contributed by atoms with E-state index in [1.165, 1.54) is 0 Å². The molecule has 0 radical (unpaired) electrons. The highest BCUT2D eigenvalue weighted by molar-refractivity contribution is 6.30. The first kappa shape index (κ1) is 16.3. The highest BCUT2D eigenvalue weighted by Crippen LogP contribution is 2.19. The maximum atomic E-state index is 12.7. The highest BCUT2D eigenvalue weighted by Gasteiger charge is 2.22. The molecule has 0 saturated heterocycles. The summed E-state index contributed by atoms with van der Waals surface area (Å²) in [4.78, 5) is 14.5. The molecule has 4 heteroatoms. The second-order valence-corrected chi connectivity index (χ2v) is 5.43. The average Bonchev–Trinajstić information content (AvgIpc) is 2.38. The van der Waals surface area contributed by atoms with Gasteiger partial charge in [0.05, 0.1) is 0 Å². The van der Waals surface area contributed by atoms with Crippen LogP contribution in [0.2, 0.25) is 5.02 Å². The molecule has 1 amide bonds.